The van der Waals surface area contributed by atoms with Crippen molar-refractivity contribution in [2.24, 2.45) is 0 Å². The number of nitrogens with zero attached hydrogens (tertiary/aromatic N) is 2. The minimum Gasteiger partial charge on any atom is -0.480 e. The van der Waals surface area contributed by atoms with E-state index in [4.69, 9.17) is 5.11 Å². The van der Waals surface area contributed by atoms with Gasteiger partial charge in [0.2, 0.25) is 5.91 Å². The van der Waals surface area contributed by atoms with Gasteiger partial charge in [0, 0.05) is 30.6 Å². The molecule has 2 heterocycles. The van der Waals surface area contributed by atoms with Crippen molar-refractivity contribution in [2.45, 2.75) is 18.2 Å². The highest BCUT2D eigenvalue weighted by Crippen LogP contribution is 2.20. The smallest absolute Gasteiger partial charge is 0.328 e. The molecule has 0 aromatic heterocycles. The minimum atomic E-state index is -1.09. The first-order valence-corrected chi connectivity index (χ1v) is 7.20. The summed E-state index contributed by atoms with van der Waals surface area (Å²) in [5.74, 6) is -0.567. The van der Waals surface area contributed by atoms with Crippen LogP contribution in [0.3, 0.4) is 0 Å². The van der Waals surface area contributed by atoms with Gasteiger partial charge in [0.05, 0.1) is 0 Å². The summed E-state index contributed by atoms with van der Waals surface area (Å²) in [6, 6.07) is -1.33. The first-order valence-electron chi connectivity index (χ1n) is 6.15. The molecule has 0 spiro atoms. The number of aliphatic carboxylic acids is 1. The molecule has 8 heteroatoms. The molecule has 19 heavy (non-hydrogen) atoms. The molecule has 2 saturated heterocycles. The van der Waals surface area contributed by atoms with Crippen LogP contribution in [0.2, 0.25) is 0 Å². The molecular formula is C11H17N3O4S. The molecule has 106 valence electrons. The standard InChI is InChI=1S/C11H17N3O4S/c1-7-5-13(2-3-19-7)11(18)14-6-9(15)12-4-8(14)10(16)17/h7-8H,2-6H2,1H3,(H,12,15)(H,16,17). The predicted octanol–water partition coefficient (Wildman–Crippen LogP) is -0.571. The lowest BCUT2D eigenvalue weighted by atomic mass is 10.2. The third-order valence-electron chi connectivity index (χ3n) is 3.23. The number of carbonyl (C=O) groups excluding carboxylic acids is 2. The SMILES string of the molecule is CC1CN(C(=O)N2CC(=O)NCC2C(=O)O)CCS1. The van der Waals surface area contributed by atoms with Gasteiger partial charge in [-0.1, -0.05) is 6.92 Å². The quantitative estimate of drug-likeness (QED) is 0.674. The molecule has 7 nitrogen and oxygen atoms in total. The summed E-state index contributed by atoms with van der Waals surface area (Å²) in [7, 11) is 0. The molecule has 2 aliphatic heterocycles. The van der Waals surface area contributed by atoms with Crippen LogP contribution in [0.25, 0.3) is 0 Å². The van der Waals surface area contributed by atoms with Crippen LogP contribution in [0.5, 0.6) is 0 Å². The van der Waals surface area contributed by atoms with Crippen molar-refractivity contribution >= 4 is 29.7 Å². The molecule has 2 atom stereocenters. The van der Waals surface area contributed by atoms with Crippen molar-refractivity contribution in [2.75, 3.05) is 31.9 Å². The highest BCUT2D eigenvalue weighted by Gasteiger charge is 2.38. The van der Waals surface area contributed by atoms with Crippen LogP contribution in [-0.2, 0) is 9.59 Å². The summed E-state index contributed by atoms with van der Waals surface area (Å²) in [6.07, 6.45) is 0. The van der Waals surface area contributed by atoms with Crippen LogP contribution in [0, 0.1) is 0 Å². The Bertz CT molecular complexity index is 403. The Morgan fingerprint density at radius 1 is 1.47 bits per heavy atom. The van der Waals surface area contributed by atoms with Crippen LogP contribution in [-0.4, -0.2) is 76.0 Å². The Hall–Kier alpha value is -1.44. The fourth-order valence-corrected chi connectivity index (χ4v) is 3.25. The van der Waals surface area contributed by atoms with E-state index in [2.05, 4.69) is 5.32 Å². The number of amides is 3. The average Bonchev–Trinajstić information content (AvgIpc) is 2.37. The van der Waals surface area contributed by atoms with E-state index in [1.807, 2.05) is 6.92 Å². The molecule has 0 radical (unpaired) electrons. The van der Waals surface area contributed by atoms with Crippen LogP contribution < -0.4 is 5.32 Å². The Labute approximate surface area is 115 Å². The van der Waals surface area contributed by atoms with Gasteiger partial charge in [-0.2, -0.15) is 11.8 Å². The number of carboxylic acid groups (broad SMARTS) is 1. The summed E-state index contributed by atoms with van der Waals surface area (Å²) < 4.78 is 0. The summed E-state index contributed by atoms with van der Waals surface area (Å²) in [5.41, 5.74) is 0. The van der Waals surface area contributed by atoms with Gasteiger partial charge in [-0.25, -0.2) is 9.59 Å². The fraction of sp³-hybridized carbons (Fsp3) is 0.727. The molecule has 3 amide bonds. The van der Waals surface area contributed by atoms with E-state index >= 15 is 0 Å². The second kappa shape index (κ2) is 5.68. The highest BCUT2D eigenvalue weighted by atomic mass is 32.2. The second-order valence-electron chi connectivity index (χ2n) is 4.70. The van der Waals surface area contributed by atoms with Crippen LogP contribution in [0.1, 0.15) is 6.92 Å². The van der Waals surface area contributed by atoms with Gasteiger partial charge in [-0.3, -0.25) is 9.69 Å². The number of rotatable bonds is 1. The maximum Gasteiger partial charge on any atom is 0.328 e. The number of hydrogen-bond donors (Lipinski definition) is 2. The lowest BCUT2D eigenvalue weighted by Crippen LogP contribution is -2.62. The maximum absolute atomic E-state index is 12.4. The lowest BCUT2D eigenvalue weighted by molar-refractivity contribution is -0.144. The first-order chi connectivity index (χ1) is 8.99. The average molecular weight is 287 g/mol. The molecule has 2 fully saturated rings. The number of piperazine rings is 1. The van der Waals surface area contributed by atoms with Crippen molar-refractivity contribution < 1.29 is 19.5 Å². The van der Waals surface area contributed by atoms with E-state index in [9.17, 15) is 14.4 Å². The predicted molar refractivity (Wildman–Crippen MR) is 70.0 cm³/mol. The van der Waals surface area contributed by atoms with E-state index in [1.54, 1.807) is 16.7 Å². The number of nitrogens with one attached hydrogen (secondary N) is 1. The minimum absolute atomic E-state index is 0.0297. The zero-order valence-electron chi connectivity index (χ0n) is 10.7. The van der Waals surface area contributed by atoms with Gasteiger partial charge >= 0.3 is 12.0 Å². The van der Waals surface area contributed by atoms with Crippen LogP contribution >= 0.6 is 11.8 Å². The van der Waals surface area contributed by atoms with Crippen molar-refractivity contribution in [3.05, 3.63) is 0 Å². The molecule has 2 unspecified atom stereocenters. The van der Waals surface area contributed by atoms with Crippen LogP contribution in [0.15, 0.2) is 0 Å². The van der Waals surface area contributed by atoms with Gasteiger partial charge in [0.1, 0.15) is 12.6 Å². The third-order valence-corrected chi connectivity index (χ3v) is 4.36. The monoisotopic (exact) mass is 287 g/mol. The molecular weight excluding hydrogens is 270 g/mol. The van der Waals surface area contributed by atoms with Gasteiger partial charge in [0.15, 0.2) is 0 Å². The summed E-state index contributed by atoms with van der Waals surface area (Å²) >= 11 is 1.79. The Kier molecular flexibility index (Phi) is 4.18. The number of thioether (sulfide) groups is 1. The van der Waals surface area contributed by atoms with Crippen molar-refractivity contribution in [3.8, 4) is 0 Å². The Morgan fingerprint density at radius 3 is 2.84 bits per heavy atom. The summed E-state index contributed by atoms with van der Waals surface area (Å²) in [4.78, 5) is 37.7. The molecule has 2 aliphatic rings. The van der Waals surface area contributed by atoms with Crippen LogP contribution in [0.4, 0.5) is 4.79 Å². The van der Waals surface area contributed by atoms with Gasteiger partial charge in [0.25, 0.3) is 0 Å². The van der Waals surface area contributed by atoms with E-state index in [0.717, 1.165) is 10.7 Å². The lowest BCUT2D eigenvalue weighted by Gasteiger charge is -2.39. The van der Waals surface area contributed by atoms with E-state index < -0.39 is 12.0 Å². The molecule has 0 aromatic rings. The number of urea groups is 1. The summed E-state index contributed by atoms with van der Waals surface area (Å²) in [6.45, 7) is 3.00. The van der Waals surface area contributed by atoms with Crippen molar-refractivity contribution in [3.63, 3.8) is 0 Å². The number of hydrogen-bond acceptors (Lipinski definition) is 4. The van der Waals surface area contributed by atoms with Crippen molar-refractivity contribution in [1.29, 1.82) is 0 Å². The fourth-order valence-electron chi connectivity index (χ4n) is 2.24. The Balaban J connectivity index is 2.09. The first kappa shape index (κ1) is 14.0. The number of carbonyl (C=O) groups is 3. The molecule has 0 saturated carbocycles. The summed E-state index contributed by atoms with van der Waals surface area (Å²) in [5, 5.41) is 11.9. The Morgan fingerprint density at radius 2 is 2.21 bits per heavy atom. The van der Waals surface area contributed by atoms with Crippen molar-refractivity contribution in [1.82, 2.24) is 15.1 Å². The topological polar surface area (TPSA) is 90.0 Å². The van der Waals surface area contributed by atoms with E-state index in [1.165, 1.54) is 0 Å². The largest absolute Gasteiger partial charge is 0.480 e. The molecule has 0 aromatic carbocycles. The normalized spacial score (nSPS) is 27.9. The molecule has 0 bridgehead atoms. The zero-order valence-corrected chi connectivity index (χ0v) is 11.5. The van der Waals surface area contributed by atoms with Gasteiger partial charge < -0.3 is 15.3 Å². The molecule has 2 N–H and O–H groups in total. The molecule has 2 rings (SSSR count). The highest BCUT2D eigenvalue weighted by molar-refractivity contribution is 7.99. The number of carboxylic acids is 1. The van der Waals surface area contributed by atoms with Gasteiger partial charge in [-0.15, -0.1) is 0 Å². The van der Waals surface area contributed by atoms with E-state index in [0.29, 0.717) is 18.3 Å². The van der Waals surface area contributed by atoms with Gasteiger partial charge in [-0.05, 0) is 0 Å². The van der Waals surface area contributed by atoms with E-state index in [-0.39, 0.29) is 25.0 Å². The zero-order chi connectivity index (χ0) is 14.0. The third kappa shape index (κ3) is 3.12. The second-order valence-corrected chi connectivity index (χ2v) is 6.24. The maximum atomic E-state index is 12.4. The molecule has 0 aliphatic carbocycles.